The molecule has 11 heteroatoms. The Morgan fingerprint density at radius 1 is 0.525 bits per heavy atom. The van der Waals surface area contributed by atoms with E-state index in [0.29, 0.717) is 12.8 Å². The first-order valence-corrected chi connectivity index (χ1v) is 23.5. The molecule has 11 nitrogen and oxygen atoms in total. The molecule has 0 spiro atoms. The Bertz CT molecular complexity index is 1290. The first-order chi connectivity index (χ1) is 29.7. The minimum Gasteiger partial charge on any atom is -0.479 e. The molecule has 0 bridgehead atoms. The molecule has 0 aliphatic carbocycles. The van der Waals surface area contributed by atoms with Gasteiger partial charge >= 0.3 is 17.9 Å². The van der Waals surface area contributed by atoms with Gasteiger partial charge in [0, 0.05) is 12.8 Å². The minimum absolute atomic E-state index is 0.165. The van der Waals surface area contributed by atoms with E-state index >= 15 is 0 Å². The predicted octanol–water partition coefficient (Wildman–Crippen LogP) is 10.5. The van der Waals surface area contributed by atoms with Gasteiger partial charge in [0.05, 0.1) is 6.61 Å². The van der Waals surface area contributed by atoms with E-state index in [-0.39, 0.29) is 19.4 Å². The van der Waals surface area contributed by atoms with Crippen LogP contribution in [0.15, 0.2) is 72.9 Å². The summed E-state index contributed by atoms with van der Waals surface area (Å²) in [6.07, 6.45) is 40.9. The van der Waals surface area contributed by atoms with E-state index in [2.05, 4.69) is 86.8 Å². The SMILES string of the molecule is CC/C=C\C/C=C\C/C=C\C/C=C\CCCCCCC(=O)OCC(COC1OC(C(=O)O)C(O)C(O)C1O)OC(=O)CCCCCCCCC/C=C\C/C=C\CCCCCC. The molecule has 1 heterocycles. The van der Waals surface area contributed by atoms with Crippen molar-refractivity contribution in [1.82, 2.24) is 0 Å². The summed E-state index contributed by atoms with van der Waals surface area (Å²) in [6.45, 7) is 3.65. The molecule has 1 rings (SSSR count). The number of aliphatic hydroxyl groups excluding tert-OH is 3. The zero-order valence-corrected chi connectivity index (χ0v) is 37.6. The summed E-state index contributed by atoms with van der Waals surface area (Å²) in [5.74, 6) is -2.49. The largest absolute Gasteiger partial charge is 0.479 e. The number of allylic oxidation sites excluding steroid dienone is 12. The number of carbonyl (C=O) groups excluding carboxylic acids is 2. The van der Waals surface area contributed by atoms with Crippen molar-refractivity contribution in [3.63, 3.8) is 0 Å². The Hall–Kier alpha value is -3.35. The molecule has 6 atom stereocenters. The first kappa shape index (κ1) is 55.7. The number of aliphatic hydroxyl groups is 3. The average Bonchev–Trinajstić information content (AvgIpc) is 3.24. The van der Waals surface area contributed by atoms with E-state index in [1.54, 1.807) is 0 Å². The van der Waals surface area contributed by atoms with Crippen molar-refractivity contribution in [2.45, 2.75) is 211 Å². The van der Waals surface area contributed by atoms with E-state index in [1.807, 2.05) is 0 Å². The van der Waals surface area contributed by atoms with Crippen LogP contribution in [0.4, 0.5) is 0 Å². The van der Waals surface area contributed by atoms with E-state index in [4.69, 9.17) is 18.9 Å². The maximum atomic E-state index is 12.8. The van der Waals surface area contributed by atoms with Gasteiger partial charge in [-0.3, -0.25) is 9.59 Å². The van der Waals surface area contributed by atoms with Crippen molar-refractivity contribution in [3.8, 4) is 0 Å². The highest BCUT2D eigenvalue weighted by molar-refractivity contribution is 5.73. The summed E-state index contributed by atoms with van der Waals surface area (Å²) in [5.41, 5.74) is 0. The molecule has 0 aromatic rings. The number of carboxylic acid groups (broad SMARTS) is 1. The van der Waals surface area contributed by atoms with Gasteiger partial charge < -0.3 is 39.4 Å². The number of hydrogen-bond acceptors (Lipinski definition) is 10. The third-order valence-electron chi connectivity index (χ3n) is 10.3. The molecule has 1 fully saturated rings. The molecule has 6 unspecified atom stereocenters. The molecular weight excluding hydrogens is 777 g/mol. The average molecular weight is 859 g/mol. The van der Waals surface area contributed by atoms with Gasteiger partial charge in [-0.25, -0.2) is 4.79 Å². The molecule has 0 aromatic carbocycles. The van der Waals surface area contributed by atoms with Crippen molar-refractivity contribution in [2.24, 2.45) is 0 Å². The van der Waals surface area contributed by atoms with Gasteiger partial charge in [-0.2, -0.15) is 0 Å². The van der Waals surface area contributed by atoms with Gasteiger partial charge in [0.15, 0.2) is 18.5 Å². The van der Waals surface area contributed by atoms with Crippen molar-refractivity contribution >= 4 is 17.9 Å². The fourth-order valence-corrected chi connectivity index (χ4v) is 6.60. The van der Waals surface area contributed by atoms with Crippen LogP contribution >= 0.6 is 0 Å². The zero-order chi connectivity index (χ0) is 44.6. The normalized spacial score (nSPS) is 20.3. The minimum atomic E-state index is -1.87. The summed E-state index contributed by atoms with van der Waals surface area (Å²) >= 11 is 0. The summed E-state index contributed by atoms with van der Waals surface area (Å²) < 4.78 is 21.7. The van der Waals surface area contributed by atoms with E-state index in [1.165, 1.54) is 44.9 Å². The van der Waals surface area contributed by atoms with Gasteiger partial charge in [0.2, 0.25) is 0 Å². The van der Waals surface area contributed by atoms with Crippen LogP contribution in [0.1, 0.15) is 174 Å². The Morgan fingerprint density at radius 3 is 1.46 bits per heavy atom. The molecule has 0 aromatic heterocycles. The first-order valence-electron chi connectivity index (χ1n) is 23.5. The van der Waals surface area contributed by atoms with Crippen molar-refractivity contribution in [3.05, 3.63) is 72.9 Å². The maximum absolute atomic E-state index is 12.8. The van der Waals surface area contributed by atoms with Gasteiger partial charge in [-0.05, 0) is 83.5 Å². The van der Waals surface area contributed by atoms with Crippen LogP contribution < -0.4 is 0 Å². The molecule has 0 amide bonds. The van der Waals surface area contributed by atoms with E-state index < -0.39 is 61.3 Å². The zero-order valence-electron chi connectivity index (χ0n) is 37.6. The van der Waals surface area contributed by atoms with Gasteiger partial charge in [-0.1, -0.05) is 151 Å². The van der Waals surface area contributed by atoms with Gasteiger partial charge in [0.1, 0.15) is 24.9 Å². The van der Waals surface area contributed by atoms with Gasteiger partial charge in [-0.15, -0.1) is 0 Å². The fraction of sp³-hybridized carbons (Fsp3) is 0.700. The summed E-state index contributed by atoms with van der Waals surface area (Å²) in [4.78, 5) is 36.9. The molecule has 61 heavy (non-hydrogen) atoms. The Balaban J connectivity index is 2.38. The quantitative estimate of drug-likeness (QED) is 0.0265. The summed E-state index contributed by atoms with van der Waals surface area (Å²) in [6, 6.07) is 0. The molecule has 1 saturated heterocycles. The number of aliphatic carboxylic acids is 1. The molecular formula is C50H82O11. The van der Waals surface area contributed by atoms with Crippen LogP contribution in [-0.2, 0) is 33.3 Å². The molecule has 0 saturated carbocycles. The lowest BCUT2D eigenvalue weighted by atomic mass is 9.99. The molecule has 0 radical (unpaired) electrons. The lowest BCUT2D eigenvalue weighted by molar-refractivity contribution is -0.298. The summed E-state index contributed by atoms with van der Waals surface area (Å²) in [5, 5.41) is 39.9. The smallest absolute Gasteiger partial charge is 0.335 e. The van der Waals surface area contributed by atoms with E-state index in [0.717, 1.165) is 89.9 Å². The predicted molar refractivity (Wildman–Crippen MR) is 243 cm³/mol. The number of hydrogen-bond donors (Lipinski definition) is 4. The standard InChI is InChI=1S/C50H82O11/c1-3-5-7-9-11-13-15-17-19-21-23-25-27-29-31-33-35-37-39-44(52)60-42(41-59-50-47(55)45(53)46(54)48(61-50)49(56)57)40-58-43(51)38-36-34-32-30-28-26-24-22-20-18-16-14-12-10-8-6-4-2/h6,8,12-15,18-21,24,26,42,45-48,50,53-55H,3-5,7,9-11,16-17,22-23,25,27-41H2,1-2H3,(H,56,57)/b8-6-,14-12-,15-13-,20-18-,21-19-,26-24-. The van der Waals surface area contributed by atoms with Crippen LogP contribution in [0.2, 0.25) is 0 Å². The highest BCUT2D eigenvalue weighted by Gasteiger charge is 2.47. The van der Waals surface area contributed by atoms with Crippen LogP contribution in [0.5, 0.6) is 0 Å². The van der Waals surface area contributed by atoms with Crippen LogP contribution in [0.3, 0.4) is 0 Å². The van der Waals surface area contributed by atoms with E-state index in [9.17, 15) is 34.8 Å². The number of carboxylic acids is 1. The van der Waals surface area contributed by atoms with Crippen LogP contribution in [0, 0.1) is 0 Å². The molecule has 1 aliphatic heterocycles. The Kier molecular flexibility index (Phi) is 36.0. The lowest BCUT2D eigenvalue weighted by Gasteiger charge is -2.38. The lowest BCUT2D eigenvalue weighted by Crippen LogP contribution is -2.60. The second kappa shape index (κ2) is 39.5. The molecule has 348 valence electrons. The second-order valence-electron chi connectivity index (χ2n) is 15.9. The number of unbranched alkanes of at least 4 members (excludes halogenated alkanes) is 15. The fourth-order valence-electron chi connectivity index (χ4n) is 6.60. The Morgan fingerprint density at radius 2 is 0.967 bits per heavy atom. The maximum Gasteiger partial charge on any atom is 0.335 e. The number of esters is 2. The topological polar surface area (TPSA) is 169 Å². The molecule has 1 aliphatic rings. The van der Waals surface area contributed by atoms with Crippen molar-refractivity contribution in [2.75, 3.05) is 13.2 Å². The summed E-state index contributed by atoms with van der Waals surface area (Å²) in [7, 11) is 0. The number of rotatable bonds is 38. The van der Waals surface area contributed by atoms with Crippen LogP contribution in [-0.4, -0.2) is 88.4 Å². The monoisotopic (exact) mass is 859 g/mol. The number of carbonyl (C=O) groups is 3. The molecule has 4 N–H and O–H groups in total. The van der Waals surface area contributed by atoms with Crippen molar-refractivity contribution in [1.29, 1.82) is 0 Å². The van der Waals surface area contributed by atoms with Crippen LogP contribution in [0.25, 0.3) is 0 Å². The highest BCUT2D eigenvalue weighted by Crippen LogP contribution is 2.23. The Labute approximate surface area is 368 Å². The second-order valence-corrected chi connectivity index (χ2v) is 15.9. The van der Waals surface area contributed by atoms with Crippen molar-refractivity contribution < 1.29 is 53.8 Å². The third kappa shape index (κ3) is 31.2. The van der Waals surface area contributed by atoms with Gasteiger partial charge in [0.25, 0.3) is 0 Å². The third-order valence-corrected chi connectivity index (χ3v) is 10.3. The number of ether oxygens (including phenoxy) is 4. The highest BCUT2D eigenvalue weighted by atomic mass is 16.7.